The van der Waals surface area contributed by atoms with Crippen LogP contribution in [0.5, 0.6) is 5.75 Å². The number of benzene rings is 1. The summed E-state index contributed by atoms with van der Waals surface area (Å²) in [6, 6.07) is 6.80. The minimum atomic E-state index is 0. The van der Waals surface area contributed by atoms with Gasteiger partial charge in [0.05, 0.1) is 17.8 Å². The predicted octanol–water partition coefficient (Wildman–Crippen LogP) is 3.28. The van der Waals surface area contributed by atoms with Gasteiger partial charge in [0.2, 0.25) is 0 Å². The molecule has 1 aliphatic rings. The molecule has 1 aromatic carbocycles. The Morgan fingerprint density at radius 1 is 1.30 bits per heavy atom. The SMILES string of the molecule is CCN[C@H]1CC[C@H](Oc2ccc3[nH]ncc3c2)CC1.Cl. The third-order valence-electron chi connectivity index (χ3n) is 3.88. The minimum Gasteiger partial charge on any atom is -0.490 e. The molecule has 1 aliphatic carbocycles. The smallest absolute Gasteiger partial charge is 0.120 e. The molecule has 5 heteroatoms. The largest absolute Gasteiger partial charge is 0.490 e. The highest BCUT2D eigenvalue weighted by molar-refractivity contribution is 5.85. The maximum Gasteiger partial charge on any atom is 0.120 e. The van der Waals surface area contributed by atoms with Crippen molar-refractivity contribution in [2.45, 2.75) is 44.8 Å². The first-order valence-corrected chi connectivity index (χ1v) is 7.18. The van der Waals surface area contributed by atoms with E-state index < -0.39 is 0 Å². The van der Waals surface area contributed by atoms with Crippen LogP contribution in [0.4, 0.5) is 0 Å². The molecule has 4 nitrogen and oxygen atoms in total. The molecule has 0 bridgehead atoms. The van der Waals surface area contributed by atoms with Gasteiger partial charge in [-0.25, -0.2) is 0 Å². The number of halogens is 1. The van der Waals surface area contributed by atoms with Crippen LogP contribution in [0.25, 0.3) is 10.9 Å². The zero-order chi connectivity index (χ0) is 13.1. The summed E-state index contributed by atoms with van der Waals surface area (Å²) in [5.41, 5.74) is 1.06. The van der Waals surface area contributed by atoms with Crippen molar-refractivity contribution in [2.24, 2.45) is 0 Å². The lowest BCUT2D eigenvalue weighted by Crippen LogP contribution is -2.36. The Labute approximate surface area is 125 Å². The fraction of sp³-hybridized carbons (Fsp3) is 0.533. The second kappa shape index (κ2) is 6.95. The number of fused-ring (bicyclic) bond motifs is 1. The van der Waals surface area contributed by atoms with E-state index in [0.717, 1.165) is 36.0 Å². The molecule has 0 radical (unpaired) electrons. The van der Waals surface area contributed by atoms with Crippen molar-refractivity contribution >= 4 is 23.3 Å². The third kappa shape index (κ3) is 3.44. The van der Waals surface area contributed by atoms with Crippen LogP contribution in [0.2, 0.25) is 0 Å². The van der Waals surface area contributed by atoms with Gasteiger partial charge in [-0.1, -0.05) is 6.92 Å². The summed E-state index contributed by atoms with van der Waals surface area (Å²) in [7, 11) is 0. The fourth-order valence-electron chi connectivity index (χ4n) is 2.86. The highest BCUT2D eigenvalue weighted by atomic mass is 35.5. The first-order chi connectivity index (χ1) is 9.35. The van der Waals surface area contributed by atoms with Gasteiger partial charge in [-0.2, -0.15) is 5.10 Å². The average Bonchev–Trinajstić information content (AvgIpc) is 2.89. The van der Waals surface area contributed by atoms with Crippen molar-refractivity contribution in [1.29, 1.82) is 0 Å². The van der Waals surface area contributed by atoms with Gasteiger partial charge in [-0.3, -0.25) is 5.10 Å². The Morgan fingerprint density at radius 3 is 2.85 bits per heavy atom. The number of ether oxygens (including phenoxy) is 1. The number of hydrogen-bond donors (Lipinski definition) is 2. The molecule has 1 aromatic heterocycles. The number of aromatic nitrogens is 2. The predicted molar refractivity (Wildman–Crippen MR) is 83.7 cm³/mol. The van der Waals surface area contributed by atoms with Crippen LogP contribution in [0, 0.1) is 0 Å². The van der Waals surface area contributed by atoms with Crippen LogP contribution in [-0.4, -0.2) is 28.9 Å². The third-order valence-corrected chi connectivity index (χ3v) is 3.88. The zero-order valence-corrected chi connectivity index (χ0v) is 12.6. The maximum atomic E-state index is 6.09. The molecule has 0 aliphatic heterocycles. The summed E-state index contributed by atoms with van der Waals surface area (Å²) in [4.78, 5) is 0. The van der Waals surface area contributed by atoms with Crippen LogP contribution in [0.1, 0.15) is 32.6 Å². The van der Waals surface area contributed by atoms with Crippen molar-refractivity contribution in [3.05, 3.63) is 24.4 Å². The monoisotopic (exact) mass is 295 g/mol. The molecule has 0 saturated heterocycles. The molecule has 0 amide bonds. The van der Waals surface area contributed by atoms with Gasteiger partial charge in [0, 0.05) is 11.4 Å². The number of nitrogens with one attached hydrogen (secondary N) is 2. The molecule has 20 heavy (non-hydrogen) atoms. The second-order valence-corrected chi connectivity index (χ2v) is 5.27. The number of rotatable bonds is 4. The normalized spacial score (nSPS) is 22.4. The summed E-state index contributed by atoms with van der Waals surface area (Å²) in [6.07, 6.45) is 6.91. The lowest BCUT2D eigenvalue weighted by Gasteiger charge is -2.29. The Hall–Kier alpha value is -1.26. The molecule has 1 heterocycles. The van der Waals surface area contributed by atoms with E-state index in [1.807, 2.05) is 18.3 Å². The number of aromatic amines is 1. The lowest BCUT2D eigenvalue weighted by atomic mass is 9.93. The first-order valence-electron chi connectivity index (χ1n) is 7.18. The summed E-state index contributed by atoms with van der Waals surface area (Å²) in [5.74, 6) is 0.959. The maximum absolute atomic E-state index is 6.09. The van der Waals surface area contributed by atoms with E-state index in [0.29, 0.717) is 12.1 Å². The molecule has 0 unspecified atom stereocenters. The van der Waals surface area contributed by atoms with E-state index in [1.54, 1.807) is 0 Å². The Kier molecular flexibility index (Phi) is 5.26. The second-order valence-electron chi connectivity index (χ2n) is 5.27. The van der Waals surface area contributed by atoms with Gasteiger partial charge in [-0.05, 0) is 50.4 Å². The lowest BCUT2D eigenvalue weighted by molar-refractivity contribution is 0.140. The molecule has 1 saturated carbocycles. The summed E-state index contributed by atoms with van der Waals surface area (Å²) < 4.78 is 6.09. The topological polar surface area (TPSA) is 49.9 Å². The number of hydrogen-bond acceptors (Lipinski definition) is 3. The van der Waals surface area contributed by atoms with Gasteiger partial charge in [0.1, 0.15) is 5.75 Å². The van der Waals surface area contributed by atoms with Crippen molar-refractivity contribution in [3.8, 4) is 5.75 Å². The zero-order valence-electron chi connectivity index (χ0n) is 11.8. The molecule has 1 fully saturated rings. The Bertz CT molecular complexity index is 535. The minimum absolute atomic E-state index is 0. The van der Waals surface area contributed by atoms with Gasteiger partial charge in [0.25, 0.3) is 0 Å². The van der Waals surface area contributed by atoms with Crippen molar-refractivity contribution in [3.63, 3.8) is 0 Å². The van der Waals surface area contributed by atoms with Crippen LogP contribution < -0.4 is 10.1 Å². The van der Waals surface area contributed by atoms with Crippen molar-refractivity contribution in [2.75, 3.05) is 6.54 Å². The standard InChI is InChI=1S/C15H21N3O.ClH/c1-2-16-12-3-5-13(6-4-12)19-14-7-8-15-11(9-14)10-17-18-15;/h7-10,12-13,16H,2-6H2,1H3,(H,17,18);1H/t12-,13-;. The van der Waals surface area contributed by atoms with Gasteiger partial charge in [0.15, 0.2) is 0 Å². The average molecular weight is 296 g/mol. The van der Waals surface area contributed by atoms with E-state index in [1.165, 1.54) is 12.8 Å². The molecule has 2 N–H and O–H groups in total. The summed E-state index contributed by atoms with van der Waals surface area (Å²) >= 11 is 0. The highest BCUT2D eigenvalue weighted by Crippen LogP contribution is 2.25. The van der Waals surface area contributed by atoms with Crippen LogP contribution >= 0.6 is 12.4 Å². The van der Waals surface area contributed by atoms with Gasteiger partial charge >= 0.3 is 0 Å². The number of nitrogens with zero attached hydrogens (tertiary/aromatic N) is 1. The van der Waals surface area contributed by atoms with E-state index in [9.17, 15) is 0 Å². The van der Waals surface area contributed by atoms with E-state index in [4.69, 9.17) is 4.74 Å². The first kappa shape index (κ1) is 15.1. The molecule has 3 rings (SSSR count). The van der Waals surface area contributed by atoms with E-state index >= 15 is 0 Å². The van der Waals surface area contributed by atoms with Crippen LogP contribution in [-0.2, 0) is 0 Å². The molecule has 2 aromatic rings. The number of H-pyrrole nitrogens is 1. The molecule has 110 valence electrons. The van der Waals surface area contributed by atoms with Gasteiger partial charge in [-0.15, -0.1) is 12.4 Å². The van der Waals surface area contributed by atoms with Crippen LogP contribution in [0.3, 0.4) is 0 Å². The molecular weight excluding hydrogens is 274 g/mol. The van der Waals surface area contributed by atoms with E-state index in [-0.39, 0.29) is 12.4 Å². The van der Waals surface area contributed by atoms with E-state index in [2.05, 4.69) is 28.5 Å². The fourth-order valence-corrected chi connectivity index (χ4v) is 2.86. The molecule has 0 spiro atoms. The van der Waals surface area contributed by atoms with Crippen LogP contribution in [0.15, 0.2) is 24.4 Å². The summed E-state index contributed by atoms with van der Waals surface area (Å²) in [6.45, 7) is 3.23. The van der Waals surface area contributed by atoms with Crippen molar-refractivity contribution in [1.82, 2.24) is 15.5 Å². The highest BCUT2D eigenvalue weighted by Gasteiger charge is 2.21. The van der Waals surface area contributed by atoms with Crippen molar-refractivity contribution < 1.29 is 4.74 Å². The quantitative estimate of drug-likeness (QED) is 0.910. The molecule has 0 atom stereocenters. The van der Waals surface area contributed by atoms with Gasteiger partial charge < -0.3 is 10.1 Å². The molecular formula is C15H22ClN3O. The Morgan fingerprint density at radius 2 is 2.10 bits per heavy atom. The summed E-state index contributed by atoms with van der Waals surface area (Å²) in [5, 5.41) is 11.6. The Balaban J connectivity index is 0.00000147.